The maximum atomic E-state index is 8.81. The lowest BCUT2D eigenvalue weighted by molar-refractivity contribution is 0.450. The summed E-state index contributed by atoms with van der Waals surface area (Å²) in [5.74, 6) is 0.121. The lowest BCUT2D eigenvalue weighted by atomic mass is 10.2. The van der Waals surface area contributed by atoms with Gasteiger partial charge in [0.2, 0.25) is 0 Å². The van der Waals surface area contributed by atoms with E-state index in [1.165, 1.54) is 18.2 Å². The van der Waals surface area contributed by atoms with Crippen molar-refractivity contribution in [1.29, 1.82) is 5.26 Å². The SMILES string of the molecule is N#Cc1cc(O)cc(O)c1.Oc1ccccc1. The Morgan fingerprint density at radius 1 is 0.765 bits per heavy atom. The van der Waals surface area contributed by atoms with Crippen molar-refractivity contribution in [2.24, 2.45) is 0 Å². The minimum absolute atomic E-state index is 0.100. The van der Waals surface area contributed by atoms with Crippen LogP contribution in [0.25, 0.3) is 0 Å². The predicted molar refractivity (Wildman–Crippen MR) is 62.6 cm³/mol. The van der Waals surface area contributed by atoms with Gasteiger partial charge in [-0.3, -0.25) is 0 Å². The van der Waals surface area contributed by atoms with Crippen LogP contribution in [0.1, 0.15) is 5.56 Å². The zero-order chi connectivity index (χ0) is 12.7. The summed E-state index contributed by atoms with van der Waals surface area (Å²) in [4.78, 5) is 0. The molecule has 0 saturated heterocycles. The van der Waals surface area contributed by atoms with Crippen LogP contribution in [0.3, 0.4) is 0 Å². The molecule has 0 saturated carbocycles. The molecule has 0 aromatic heterocycles. The van der Waals surface area contributed by atoms with Crippen LogP contribution >= 0.6 is 0 Å². The number of hydrogen-bond donors (Lipinski definition) is 3. The third-order valence-corrected chi connectivity index (χ3v) is 1.79. The molecule has 4 heteroatoms. The van der Waals surface area contributed by atoms with E-state index in [2.05, 4.69) is 0 Å². The van der Waals surface area contributed by atoms with Crippen LogP contribution in [0.4, 0.5) is 0 Å². The fourth-order valence-electron chi connectivity index (χ4n) is 1.09. The summed E-state index contributed by atoms with van der Waals surface area (Å²) >= 11 is 0. The Balaban J connectivity index is 0.000000181. The van der Waals surface area contributed by atoms with Gasteiger partial charge in [-0.25, -0.2) is 0 Å². The molecule has 0 aliphatic rings. The monoisotopic (exact) mass is 229 g/mol. The lowest BCUT2D eigenvalue weighted by Crippen LogP contribution is -1.72. The van der Waals surface area contributed by atoms with Crippen molar-refractivity contribution in [2.75, 3.05) is 0 Å². The summed E-state index contributed by atoms with van der Waals surface area (Å²) in [5.41, 5.74) is 0.248. The van der Waals surface area contributed by atoms with Crippen molar-refractivity contribution in [3.05, 3.63) is 54.1 Å². The molecule has 0 unspecified atom stereocenters. The van der Waals surface area contributed by atoms with E-state index in [-0.39, 0.29) is 17.1 Å². The molecule has 0 radical (unpaired) electrons. The average molecular weight is 229 g/mol. The second-order valence-corrected chi connectivity index (χ2v) is 3.19. The van der Waals surface area contributed by atoms with E-state index in [1.54, 1.807) is 30.3 Å². The second-order valence-electron chi connectivity index (χ2n) is 3.19. The van der Waals surface area contributed by atoms with E-state index < -0.39 is 0 Å². The number of benzene rings is 2. The van der Waals surface area contributed by atoms with Crippen molar-refractivity contribution in [2.45, 2.75) is 0 Å². The third-order valence-electron chi connectivity index (χ3n) is 1.79. The molecule has 2 aromatic carbocycles. The first-order valence-electron chi connectivity index (χ1n) is 4.79. The van der Waals surface area contributed by atoms with Crippen molar-refractivity contribution in [3.8, 4) is 23.3 Å². The topological polar surface area (TPSA) is 84.5 Å². The normalized spacial score (nSPS) is 8.65. The number of rotatable bonds is 0. The molecule has 2 rings (SSSR count). The fourth-order valence-corrected chi connectivity index (χ4v) is 1.09. The molecule has 0 heterocycles. The smallest absolute Gasteiger partial charge is 0.120 e. The van der Waals surface area contributed by atoms with E-state index >= 15 is 0 Å². The quantitative estimate of drug-likeness (QED) is 0.647. The number of nitriles is 1. The minimum atomic E-state index is -0.100. The van der Waals surface area contributed by atoms with Gasteiger partial charge in [0, 0.05) is 6.07 Å². The van der Waals surface area contributed by atoms with Gasteiger partial charge in [-0.05, 0) is 24.3 Å². The van der Waals surface area contributed by atoms with E-state index in [9.17, 15) is 0 Å². The minimum Gasteiger partial charge on any atom is -0.508 e. The first-order valence-corrected chi connectivity index (χ1v) is 4.79. The third kappa shape index (κ3) is 4.58. The van der Waals surface area contributed by atoms with Gasteiger partial charge in [0.25, 0.3) is 0 Å². The highest BCUT2D eigenvalue weighted by Crippen LogP contribution is 2.19. The zero-order valence-corrected chi connectivity index (χ0v) is 8.91. The molecular formula is C13H11NO3. The molecule has 3 N–H and O–H groups in total. The Labute approximate surface area is 98.6 Å². The molecule has 86 valence electrons. The van der Waals surface area contributed by atoms with E-state index in [4.69, 9.17) is 20.6 Å². The van der Waals surface area contributed by atoms with Gasteiger partial charge < -0.3 is 15.3 Å². The van der Waals surface area contributed by atoms with Gasteiger partial charge in [0.1, 0.15) is 17.2 Å². The summed E-state index contributed by atoms with van der Waals surface area (Å²) in [6.45, 7) is 0. The maximum absolute atomic E-state index is 8.81. The van der Waals surface area contributed by atoms with Gasteiger partial charge in [-0.2, -0.15) is 5.26 Å². The molecule has 0 aliphatic carbocycles. The first kappa shape index (κ1) is 12.4. The van der Waals surface area contributed by atoms with Crippen molar-refractivity contribution in [1.82, 2.24) is 0 Å². The Morgan fingerprint density at radius 3 is 1.65 bits per heavy atom. The Bertz CT molecular complexity index is 498. The summed E-state index contributed by atoms with van der Waals surface area (Å²) in [5, 5.41) is 34.6. The number of para-hydroxylation sites is 1. The first-order chi connectivity index (χ1) is 8.11. The number of hydrogen-bond acceptors (Lipinski definition) is 4. The highest BCUT2D eigenvalue weighted by molar-refractivity contribution is 5.42. The average Bonchev–Trinajstić information content (AvgIpc) is 2.29. The van der Waals surface area contributed by atoms with Crippen LogP contribution in [-0.4, -0.2) is 15.3 Å². The maximum Gasteiger partial charge on any atom is 0.120 e. The molecule has 0 aliphatic heterocycles. The second kappa shape index (κ2) is 6.03. The molecule has 4 nitrogen and oxygen atoms in total. The van der Waals surface area contributed by atoms with Crippen molar-refractivity contribution in [3.63, 3.8) is 0 Å². The number of nitrogens with zero attached hydrogens (tertiary/aromatic N) is 1. The molecular weight excluding hydrogens is 218 g/mol. The summed E-state index contributed by atoms with van der Waals surface area (Å²) in [6, 6.07) is 14.2. The van der Waals surface area contributed by atoms with Crippen LogP contribution in [0.5, 0.6) is 17.2 Å². The molecule has 0 spiro atoms. The lowest BCUT2D eigenvalue weighted by Gasteiger charge is -1.93. The molecule has 2 aromatic rings. The summed E-state index contributed by atoms with van der Waals surface area (Å²) < 4.78 is 0. The van der Waals surface area contributed by atoms with Crippen molar-refractivity contribution >= 4 is 0 Å². The molecule has 0 bridgehead atoms. The standard InChI is InChI=1S/C7H5NO2.C6H6O/c8-4-5-1-6(9)3-7(10)2-5;7-6-4-2-1-3-5-6/h1-3,9-10H;1-5,7H. The van der Waals surface area contributed by atoms with Crippen LogP contribution in [0.2, 0.25) is 0 Å². The Morgan fingerprint density at radius 2 is 1.29 bits per heavy atom. The highest BCUT2D eigenvalue weighted by Gasteiger charge is 1.95. The van der Waals surface area contributed by atoms with Gasteiger partial charge in [-0.15, -0.1) is 0 Å². The number of phenols is 3. The van der Waals surface area contributed by atoms with E-state index in [0.29, 0.717) is 5.75 Å². The Kier molecular flexibility index (Phi) is 4.40. The van der Waals surface area contributed by atoms with Crippen LogP contribution in [0, 0.1) is 11.3 Å². The van der Waals surface area contributed by atoms with Crippen molar-refractivity contribution < 1.29 is 15.3 Å². The van der Waals surface area contributed by atoms with Gasteiger partial charge in [-0.1, -0.05) is 18.2 Å². The highest BCUT2D eigenvalue weighted by atomic mass is 16.3. The van der Waals surface area contributed by atoms with E-state index in [1.807, 2.05) is 6.07 Å². The molecule has 0 atom stereocenters. The molecule has 0 amide bonds. The summed E-state index contributed by atoms with van der Waals surface area (Å²) in [7, 11) is 0. The largest absolute Gasteiger partial charge is 0.508 e. The van der Waals surface area contributed by atoms with Gasteiger partial charge >= 0.3 is 0 Å². The van der Waals surface area contributed by atoms with E-state index in [0.717, 1.165) is 0 Å². The molecule has 0 fully saturated rings. The van der Waals surface area contributed by atoms with Crippen LogP contribution < -0.4 is 0 Å². The van der Waals surface area contributed by atoms with Gasteiger partial charge in [0.15, 0.2) is 0 Å². The van der Waals surface area contributed by atoms with Gasteiger partial charge in [0.05, 0.1) is 11.6 Å². The number of aromatic hydroxyl groups is 3. The fraction of sp³-hybridized carbons (Fsp3) is 0. The van der Waals surface area contributed by atoms with Crippen LogP contribution in [-0.2, 0) is 0 Å². The van der Waals surface area contributed by atoms with Crippen LogP contribution in [0.15, 0.2) is 48.5 Å². The zero-order valence-electron chi connectivity index (χ0n) is 8.91. The summed E-state index contributed by atoms with van der Waals surface area (Å²) in [6.07, 6.45) is 0. The molecule has 17 heavy (non-hydrogen) atoms. The Hall–Kier alpha value is -2.67. The number of phenolic OH excluding ortho intramolecular Hbond substituents is 3. The predicted octanol–water partition coefficient (Wildman–Crippen LogP) is 2.36.